The summed E-state index contributed by atoms with van der Waals surface area (Å²) in [6.45, 7) is 5.28. The minimum Gasteiger partial charge on any atom is -0.508 e. The first kappa shape index (κ1) is 12.9. The SMILES string of the molecule is CCC[C@H](C)CCCOc1ccc(O)cc1. The van der Waals surface area contributed by atoms with Crippen LogP contribution in [0.25, 0.3) is 0 Å². The van der Waals surface area contributed by atoms with Crippen LogP contribution in [0.15, 0.2) is 24.3 Å². The molecule has 1 atom stereocenters. The van der Waals surface area contributed by atoms with Crippen molar-refractivity contribution in [3.8, 4) is 11.5 Å². The smallest absolute Gasteiger partial charge is 0.119 e. The molecule has 1 aromatic carbocycles. The van der Waals surface area contributed by atoms with Crippen molar-refractivity contribution in [3.05, 3.63) is 24.3 Å². The summed E-state index contributed by atoms with van der Waals surface area (Å²) >= 11 is 0. The van der Waals surface area contributed by atoms with Crippen LogP contribution in [0.3, 0.4) is 0 Å². The average Bonchev–Trinajstić information content (AvgIpc) is 2.27. The second-order valence-corrected chi connectivity index (χ2v) is 4.38. The van der Waals surface area contributed by atoms with E-state index in [1.807, 2.05) is 0 Å². The molecule has 0 saturated heterocycles. The van der Waals surface area contributed by atoms with E-state index in [4.69, 9.17) is 9.84 Å². The summed E-state index contributed by atoms with van der Waals surface area (Å²) in [7, 11) is 0. The van der Waals surface area contributed by atoms with Crippen LogP contribution in [-0.2, 0) is 0 Å². The first-order chi connectivity index (χ1) is 7.72. The molecule has 0 amide bonds. The quantitative estimate of drug-likeness (QED) is 0.707. The summed E-state index contributed by atoms with van der Waals surface area (Å²) in [5, 5.41) is 9.10. The fraction of sp³-hybridized carbons (Fsp3) is 0.571. The molecule has 2 heteroatoms. The van der Waals surface area contributed by atoms with Crippen LogP contribution in [-0.4, -0.2) is 11.7 Å². The number of rotatable bonds is 7. The molecule has 90 valence electrons. The maximum Gasteiger partial charge on any atom is 0.119 e. The molecule has 1 aromatic rings. The number of ether oxygens (including phenoxy) is 1. The van der Waals surface area contributed by atoms with Crippen molar-refractivity contribution in [3.63, 3.8) is 0 Å². The summed E-state index contributed by atoms with van der Waals surface area (Å²) < 4.78 is 5.58. The Labute approximate surface area is 98.3 Å². The van der Waals surface area contributed by atoms with Crippen LogP contribution < -0.4 is 4.74 Å². The van der Waals surface area contributed by atoms with E-state index in [0.717, 1.165) is 24.7 Å². The lowest BCUT2D eigenvalue weighted by Crippen LogP contribution is -2.01. The Hall–Kier alpha value is -1.18. The van der Waals surface area contributed by atoms with Gasteiger partial charge in [-0.05, 0) is 43.0 Å². The van der Waals surface area contributed by atoms with Crippen LogP contribution in [0, 0.1) is 5.92 Å². The minimum atomic E-state index is 0.281. The zero-order valence-electron chi connectivity index (χ0n) is 10.3. The third-order valence-electron chi connectivity index (χ3n) is 2.73. The van der Waals surface area contributed by atoms with E-state index in [9.17, 15) is 0 Å². The highest BCUT2D eigenvalue weighted by atomic mass is 16.5. The van der Waals surface area contributed by atoms with Gasteiger partial charge in [0.05, 0.1) is 6.61 Å². The predicted molar refractivity (Wildman–Crippen MR) is 66.9 cm³/mol. The van der Waals surface area contributed by atoms with E-state index < -0.39 is 0 Å². The van der Waals surface area contributed by atoms with Gasteiger partial charge < -0.3 is 9.84 Å². The molecule has 0 fully saturated rings. The van der Waals surface area contributed by atoms with Gasteiger partial charge in [-0.1, -0.05) is 26.7 Å². The Morgan fingerprint density at radius 3 is 2.50 bits per heavy atom. The molecule has 1 N–H and O–H groups in total. The Morgan fingerprint density at radius 1 is 1.19 bits per heavy atom. The number of hydrogen-bond acceptors (Lipinski definition) is 2. The molecule has 0 aliphatic rings. The summed E-state index contributed by atoms with van der Waals surface area (Å²) in [5.74, 6) is 1.92. The Kier molecular flexibility index (Phi) is 5.76. The van der Waals surface area contributed by atoms with Crippen LogP contribution in [0.1, 0.15) is 39.5 Å². The van der Waals surface area contributed by atoms with Gasteiger partial charge in [-0.25, -0.2) is 0 Å². The second-order valence-electron chi connectivity index (χ2n) is 4.38. The molecule has 0 unspecified atom stereocenters. The van der Waals surface area contributed by atoms with Gasteiger partial charge in [-0.15, -0.1) is 0 Å². The molecule has 2 nitrogen and oxygen atoms in total. The van der Waals surface area contributed by atoms with Crippen molar-refractivity contribution in [1.29, 1.82) is 0 Å². The van der Waals surface area contributed by atoms with Crippen molar-refractivity contribution >= 4 is 0 Å². The van der Waals surface area contributed by atoms with Gasteiger partial charge >= 0.3 is 0 Å². The lowest BCUT2D eigenvalue weighted by molar-refractivity contribution is 0.292. The van der Waals surface area contributed by atoms with Gasteiger partial charge in [0.1, 0.15) is 11.5 Å². The van der Waals surface area contributed by atoms with E-state index in [0.29, 0.717) is 0 Å². The highest BCUT2D eigenvalue weighted by molar-refractivity contribution is 5.29. The van der Waals surface area contributed by atoms with Gasteiger partial charge in [-0.3, -0.25) is 0 Å². The van der Waals surface area contributed by atoms with Crippen LogP contribution in [0.4, 0.5) is 0 Å². The molecule has 0 spiro atoms. The molecule has 0 bridgehead atoms. The number of benzene rings is 1. The fourth-order valence-electron chi connectivity index (χ4n) is 1.80. The molecule has 1 rings (SSSR count). The second kappa shape index (κ2) is 7.15. The maximum atomic E-state index is 9.10. The highest BCUT2D eigenvalue weighted by Gasteiger charge is 2.00. The van der Waals surface area contributed by atoms with Gasteiger partial charge in [0.25, 0.3) is 0 Å². The zero-order chi connectivity index (χ0) is 11.8. The van der Waals surface area contributed by atoms with Gasteiger partial charge in [0, 0.05) is 0 Å². The number of hydrogen-bond donors (Lipinski definition) is 1. The van der Waals surface area contributed by atoms with Crippen LogP contribution in [0.5, 0.6) is 11.5 Å². The number of phenols is 1. The van der Waals surface area contributed by atoms with Crippen LogP contribution in [0.2, 0.25) is 0 Å². The summed E-state index contributed by atoms with van der Waals surface area (Å²) in [6.07, 6.45) is 4.90. The Morgan fingerprint density at radius 2 is 1.88 bits per heavy atom. The van der Waals surface area contributed by atoms with Crippen molar-refractivity contribution in [1.82, 2.24) is 0 Å². The molecule has 0 saturated carbocycles. The molecular weight excluding hydrogens is 200 g/mol. The molecule has 0 aliphatic heterocycles. The minimum absolute atomic E-state index is 0.281. The normalized spacial score (nSPS) is 12.4. The van der Waals surface area contributed by atoms with Gasteiger partial charge in [0.2, 0.25) is 0 Å². The first-order valence-electron chi connectivity index (χ1n) is 6.14. The van der Waals surface area contributed by atoms with Gasteiger partial charge in [0.15, 0.2) is 0 Å². The predicted octanol–water partition coefficient (Wildman–Crippen LogP) is 3.99. The molecule has 0 heterocycles. The molecule has 0 aromatic heterocycles. The van der Waals surface area contributed by atoms with Gasteiger partial charge in [-0.2, -0.15) is 0 Å². The van der Waals surface area contributed by atoms with E-state index in [1.165, 1.54) is 19.3 Å². The van der Waals surface area contributed by atoms with Crippen molar-refractivity contribution < 1.29 is 9.84 Å². The summed E-state index contributed by atoms with van der Waals surface area (Å²) in [6, 6.07) is 6.89. The Balaban J connectivity index is 2.13. The summed E-state index contributed by atoms with van der Waals surface area (Å²) in [5.41, 5.74) is 0. The zero-order valence-corrected chi connectivity index (χ0v) is 10.3. The number of phenolic OH excluding ortho intramolecular Hbond substituents is 1. The monoisotopic (exact) mass is 222 g/mol. The third kappa shape index (κ3) is 5.06. The summed E-state index contributed by atoms with van der Waals surface area (Å²) in [4.78, 5) is 0. The van der Waals surface area contributed by atoms with E-state index in [1.54, 1.807) is 24.3 Å². The molecule has 0 radical (unpaired) electrons. The largest absolute Gasteiger partial charge is 0.508 e. The van der Waals surface area contributed by atoms with Crippen molar-refractivity contribution in [2.45, 2.75) is 39.5 Å². The maximum absolute atomic E-state index is 9.10. The molecule has 0 aliphatic carbocycles. The van der Waals surface area contributed by atoms with E-state index >= 15 is 0 Å². The average molecular weight is 222 g/mol. The van der Waals surface area contributed by atoms with E-state index in [-0.39, 0.29) is 5.75 Å². The lowest BCUT2D eigenvalue weighted by atomic mass is 10.0. The number of aromatic hydroxyl groups is 1. The molecule has 16 heavy (non-hydrogen) atoms. The van der Waals surface area contributed by atoms with Crippen molar-refractivity contribution in [2.24, 2.45) is 5.92 Å². The third-order valence-corrected chi connectivity index (χ3v) is 2.73. The Bertz CT molecular complexity index is 279. The van der Waals surface area contributed by atoms with Crippen LogP contribution >= 0.6 is 0 Å². The van der Waals surface area contributed by atoms with E-state index in [2.05, 4.69) is 13.8 Å². The fourth-order valence-corrected chi connectivity index (χ4v) is 1.80. The van der Waals surface area contributed by atoms with Crippen molar-refractivity contribution in [2.75, 3.05) is 6.61 Å². The first-order valence-corrected chi connectivity index (χ1v) is 6.14. The lowest BCUT2D eigenvalue weighted by Gasteiger charge is -2.10. The topological polar surface area (TPSA) is 29.5 Å². The highest BCUT2D eigenvalue weighted by Crippen LogP contribution is 2.17. The molecular formula is C14H22O2. The standard InChI is InChI=1S/C14H22O2/c1-3-5-12(2)6-4-11-16-14-9-7-13(15)8-10-14/h7-10,12,15H,3-6,11H2,1-2H3/t12-/m0/s1.